The maximum Gasteiger partial charge on any atom is 0.259 e. The number of nitriles is 1. The van der Waals surface area contributed by atoms with Crippen LogP contribution in [0.4, 0.5) is 0 Å². The number of hydrogen-bond donors (Lipinski definition) is 1. The van der Waals surface area contributed by atoms with Gasteiger partial charge in [0.25, 0.3) is 5.56 Å². The molecule has 1 saturated carbocycles. The fourth-order valence-electron chi connectivity index (χ4n) is 4.12. The number of carbonyl (C=O) groups excluding carboxylic acids is 1. The third-order valence-electron chi connectivity index (χ3n) is 5.58. The van der Waals surface area contributed by atoms with E-state index in [0.29, 0.717) is 10.2 Å². The molecule has 6 nitrogen and oxygen atoms in total. The molecule has 2 aromatic rings. The van der Waals surface area contributed by atoms with Gasteiger partial charge in [0.05, 0.1) is 17.6 Å². The number of ether oxygens (including phenoxy) is 1. The smallest absolute Gasteiger partial charge is 0.259 e. The molecule has 0 saturated heterocycles. The van der Waals surface area contributed by atoms with Crippen LogP contribution in [0.2, 0.25) is 0 Å². The molecule has 0 radical (unpaired) electrons. The van der Waals surface area contributed by atoms with Gasteiger partial charge in [-0.25, -0.2) is 4.98 Å². The maximum absolute atomic E-state index is 12.6. The molecule has 2 aliphatic rings. The lowest BCUT2D eigenvalue weighted by molar-refractivity contribution is -0.126. The number of hydrogen-bond acceptors (Lipinski definition) is 6. The number of thiophene rings is 1. The fraction of sp³-hybridized carbons (Fsp3) is 0.600. The number of H-pyrrole nitrogens is 1. The minimum atomic E-state index is -1.09. The summed E-state index contributed by atoms with van der Waals surface area (Å²) in [6.45, 7) is -0.106. The summed E-state index contributed by atoms with van der Waals surface area (Å²) < 4.78 is 5.72. The molecule has 142 valence electrons. The second-order valence-corrected chi connectivity index (χ2v) is 8.53. The molecule has 2 aromatic heterocycles. The van der Waals surface area contributed by atoms with Crippen molar-refractivity contribution in [2.45, 2.75) is 69.8 Å². The van der Waals surface area contributed by atoms with Crippen LogP contribution in [0, 0.1) is 11.3 Å². The summed E-state index contributed by atoms with van der Waals surface area (Å²) in [7, 11) is 0. The molecule has 0 aliphatic heterocycles. The van der Waals surface area contributed by atoms with Crippen LogP contribution in [0.3, 0.4) is 0 Å². The number of carbonyl (C=O) groups is 1. The van der Waals surface area contributed by atoms with Gasteiger partial charge < -0.3 is 9.72 Å². The van der Waals surface area contributed by atoms with Crippen molar-refractivity contribution >= 4 is 27.3 Å². The summed E-state index contributed by atoms with van der Waals surface area (Å²) >= 11 is 1.52. The van der Waals surface area contributed by atoms with Crippen molar-refractivity contribution in [2.24, 2.45) is 0 Å². The Labute approximate surface area is 161 Å². The third kappa shape index (κ3) is 3.69. The molecular weight excluding hydrogens is 362 g/mol. The zero-order valence-corrected chi connectivity index (χ0v) is 16.1. The second-order valence-electron chi connectivity index (χ2n) is 7.44. The van der Waals surface area contributed by atoms with E-state index in [4.69, 9.17) is 4.74 Å². The van der Waals surface area contributed by atoms with Gasteiger partial charge in [-0.1, -0.05) is 19.3 Å². The average Bonchev–Trinajstić information content (AvgIpc) is 3.06. The second kappa shape index (κ2) is 7.91. The lowest BCUT2D eigenvalue weighted by atomic mass is 9.97. The topological polar surface area (TPSA) is 95.8 Å². The first-order valence-electron chi connectivity index (χ1n) is 9.75. The first-order valence-corrected chi connectivity index (χ1v) is 10.6. The summed E-state index contributed by atoms with van der Waals surface area (Å²) in [4.78, 5) is 34.2. The van der Waals surface area contributed by atoms with Crippen molar-refractivity contribution in [1.82, 2.24) is 9.97 Å². The molecule has 2 aliphatic carbocycles. The predicted octanol–water partition coefficient (Wildman–Crippen LogP) is 3.39. The first kappa shape index (κ1) is 18.3. The first-order chi connectivity index (χ1) is 13.2. The van der Waals surface area contributed by atoms with E-state index in [1.165, 1.54) is 22.6 Å². The van der Waals surface area contributed by atoms with E-state index in [1.54, 1.807) is 0 Å². The van der Waals surface area contributed by atoms with Crippen LogP contribution in [0.1, 0.15) is 67.1 Å². The average molecular weight is 385 g/mol. The van der Waals surface area contributed by atoms with Gasteiger partial charge in [0.15, 0.2) is 11.7 Å². The van der Waals surface area contributed by atoms with Gasteiger partial charge in [0, 0.05) is 4.88 Å². The van der Waals surface area contributed by atoms with Crippen LogP contribution in [0.5, 0.6) is 0 Å². The molecule has 7 heteroatoms. The molecule has 2 heterocycles. The van der Waals surface area contributed by atoms with Crippen molar-refractivity contribution in [3.05, 3.63) is 26.6 Å². The zero-order chi connectivity index (χ0) is 18.8. The Balaban J connectivity index is 1.56. The highest BCUT2D eigenvalue weighted by molar-refractivity contribution is 7.18. The highest BCUT2D eigenvalue weighted by Gasteiger charge is 2.27. The van der Waals surface area contributed by atoms with Gasteiger partial charge in [0.1, 0.15) is 17.3 Å². The number of Topliss-reactive ketones (excluding diaryl/α,β-unsaturated/α-hetero) is 1. The highest BCUT2D eigenvalue weighted by Crippen LogP contribution is 2.34. The summed E-state index contributed by atoms with van der Waals surface area (Å²) in [5.41, 5.74) is 0.859. The van der Waals surface area contributed by atoms with Gasteiger partial charge in [-0.3, -0.25) is 9.59 Å². The predicted molar refractivity (Wildman–Crippen MR) is 103 cm³/mol. The normalized spacial score (nSPS) is 18.8. The number of rotatable bonds is 5. The summed E-state index contributed by atoms with van der Waals surface area (Å²) in [6.07, 6.45) is 9.56. The van der Waals surface area contributed by atoms with Gasteiger partial charge in [0.2, 0.25) is 0 Å². The van der Waals surface area contributed by atoms with Gasteiger partial charge in [-0.2, -0.15) is 5.26 Å². The largest absolute Gasteiger partial charge is 0.370 e. The molecule has 1 atom stereocenters. The van der Waals surface area contributed by atoms with E-state index in [0.717, 1.165) is 56.9 Å². The Morgan fingerprint density at radius 3 is 2.81 bits per heavy atom. The minimum absolute atomic E-state index is 0.0977. The van der Waals surface area contributed by atoms with Crippen LogP contribution in [-0.2, 0) is 22.4 Å². The van der Waals surface area contributed by atoms with E-state index < -0.39 is 5.92 Å². The van der Waals surface area contributed by atoms with Gasteiger partial charge >= 0.3 is 0 Å². The zero-order valence-electron chi connectivity index (χ0n) is 15.3. The Bertz CT molecular complexity index is 950. The molecule has 1 fully saturated rings. The summed E-state index contributed by atoms with van der Waals surface area (Å²) in [6, 6.07) is 2.00. The molecule has 0 bridgehead atoms. The lowest BCUT2D eigenvalue weighted by Gasteiger charge is -2.21. The molecule has 1 N–H and O–H groups in total. The van der Waals surface area contributed by atoms with Gasteiger partial charge in [-0.15, -0.1) is 11.3 Å². The lowest BCUT2D eigenvalue weighted by Crippen LogP contribution is -2.26. The van der Waals surface area contributed by atoms with Crippen LogP contribution in [0.15, 0.2) is 4.79 Å². The van der Waals surface area contributed by atoms with Gasteiger partial charge in [-0.05, 0) is 44.1 Å². The number of fused-ring (bicyclic) bond motifs is 3. The SMILES string of the molecule is N#C[C@@H](C(=O)COC1CCCCC1)c1nc2sc3c(c2c(=O)[nH]1)CCCC3. The molecule has 27 heavy (non-hydrogen) atoms. The molecule has 0 aromatic carbocycles. The van der Waals surface area contributed by atoms with E-state index in [1.807, 2.05) is 6.07 Å². The Kier molecular flexibility index (Phi) is 5.37. The highest BCUT2D eigenvalue weighted by atomic mass is 32.1. The monoisotopic (exact) mass is 385 g/mol. The number of aromatic nitrogens is 2. The maximum atomic E-state index is 12.6. The molecule has 0 unspecified atom stereocenters. The number of ketones is 1. The van der Waals surface area contributed by atoms with E-state index in [2.05, 4.69) is 9.97 Å². The molecular formula is C20H23N3O3S. The number of nitrogens with zero attached hydrogens (tertiary/aromatic N) is 2. The van der Waals surface area contributed by atoms with Crippen molar-refractivity contribution in [3.63, 3.8) is 0 Å². The molecule has 0 spiro atoms. The van der Waals surface area contributed by atoms with E-state index in [9.17, 15) is 14.9 Å². The van der Waals surface area contributed by atoms with E-state index in [-0.39, 0.29) is 29.9 Å². The van der Waals surface area contributed by atoms with Crippen LogP contribution < -0.4 is 5.56 Å². The Hall–Kier alpha value is -2.04. The van der Waals surface area contributed by atoms with E-state index >= 15 is 0 Å². The molecule has 0 amide bonds. The minimum Gasteiger partial charge on any atom is -0.370 e. The Morgan fingerprint density at radius 1 is 1.26 bits per heavy atom. The quantitative estimate of drug-likeness (QED) is 0.851. The summed E-state index contributed by atoms with van der Waals surface area (Å²) in [5, 5.41) is 10.2. The Morgan fingerprint density at radius 2 is 2.04 bits per heavy atom. The molecule has 4 rings (SSSR count). The number of nitrogens with one attached hydrogen (secondary N) is 1. The van der Waals surface area contributed by atoms with Crippen LogP contribution >= 0.6 is 11.3 Å². The summed E-state index contributed by atoms with van der Waals surface area (Å²) in [5.74, 6) is -1.29. The fourth-order valence-corrected chi connectivity index (χ4v) is 5.39. The standard InChI is InChI=1S/C20H23N3O3S/c21-10-14(15(24)11-26-12-6-2-1-3-7-12)18-22-19(25)17-13-8-4-5-9-16(13)27-20(17)23-18/h12,14H,1-9,11H2,(H,22,23,25)/t14-/m0/s1. The number of aryl methyl sites for hydroxylation is 2. The van der Waals surface area contributed by atoms with Crippen molar-refractivity contribution < 1.29 is 9.53 Å². The van der Waals surface area contributed by atoms with Crippen molar-refractivity contribution in [1.29, 1.82) is 5.26 Å². The number of aromatic amines is 1. The van der Waals surface area contributed by atoms with Crippen LogP contribution in [0.25, 0.3) is 10.2 Å². The van der Waals surface area contributed by atoms with Crippen molar-refractivity contribution in [3.8, 4) is 6.07 Å². The van der Waals surface area contributed by atoms with Crippen LogP contribution in [-0.4, -0.2) is 28.5 Å². The third-order valence-corrected chi connectivity index (χ3v) is 6.77. The van der Waals surface area contributed by atoms with Crippen molar-refractivity contribution in [2.75, 3.05) is 6.61 Å².